The van der Waals surface area contributed by atoms with Crippen LogP contribution in [-0.2, 0) is 26.2 Å². The monoisotopic (exact) mass is 620 g/mol. The zero-order valence-corrected chi connectivity index (χ0v) is 25.0. The fourth-order valence-electron chi connectivity index (χ4n) is 3.86. The Hall–Kier alpha value is -3.67. The third-order valence-electron chi connectivity index (χ3n) is 6.15. The number of sulfonamides is 1. The molecule has 0 aliphatic carbocycles. The Morgan fingerprint density at radius 1 is 0.951 bits per heavy atom. The van der Waals surface area contributed by atoms with Gasteiger partial charge in [-0.05, 0) is 54.8 Å². The van der Waals surface area contributed by atoms with E-state index in [1.165, 1.54) is 29.2 Å². The number of hydrogen-bond acceptors (Lipinski definition) is 6. The van der Waals surface area contributed by atoms with Crippen molar-refractivity contribution in [2.24, 2.45) is 5.92 Å². The molecule has 3 rings (SSSR count). The third kappa shape index (κ3) is 8.18. The van der Waals surface area contributed by atoms with E-state index in [0.29, 0.717) is 17.1 Å². The van der Waals surface area contributed by atoms with Crippen LogP contribution >= 0.6 is 23.2 Å². The Kier molecular flexibility index (Phi) is 10.7. The van der Waals surface area contributed by atoms with Gasteiger partial charge in [0.25, 0.3) is 15.7 Å². The molecule has 0 unspecified atom stereocenters. The highest BCUT2D eigenvalue weighted by atomic mass is 35.5. The van der Waals surface area contributed by atoms with Crippen LogP contribution in [0.2, 0.25) is 10.0 Å². The van der Waals surface area contributed by atoms with Crippen molar-refractivity contribution in [3.63, 3.8) is 0 Å². The second-order valence-electron chi connectivity index (χ2n) is 9.68. The van der Waals surface area contributed by atoms with E-state index < -0.39 is 39.3 Å². The molecule has 2 amide bonds. The maximum Gasteiger partial charge on any atom is 0.269 e. The first kappa shape index (κ1) is 31.9. The molecule has 0 saturated carbocycles. The first-order chi connectivity index (χ1) is 19.3. The summed E-state index contributed by atoms with van der Waals surface area (Å²) in [5.74, 6) is -0.931. The number of halogens is 2. The van der Waals surface area contributed by atoms with Crippen molar-refractivity contribution in [2.45, 2.75) is 38.3 Å². The molecule has 0 aliphatic heterocycles. The molecule has 41 heavy (non-hydrogen) atoms. The van der Waals surface area contributed by atoms with E-state index in [-0.39, 0.29) is 33.8 Å². The number of nitro groups is 1. The van der Waals surface area contributed by atoms with Crippen LogP contribution in [-0.4, -0.2) is 49.2 Å². The molecular formula is C28H30Cl2N4O6S. The van der Waals surface area contributed by atoms with E-state index in [0.717, 1.165) is 16.4 Å². The summed E-state index contributed by atoms with van der Waals surface area (Å²) in [6, 6.07) is 16.1. The van der Waals surface area contributed by atoms with Crippen molar-refractivity contribution in [2.75, 3.05) is 17.4 Å². The first-order valence-corrected chi connectivity index (χ1v) is 14.8. The van der Waals surface area contributed by atoms with Gasteiger partial charge in [0, 0.05) is 25.2 Å². The Bertz CT molecular complexity index is 1500. The second kappa shape index (κ2) is 13.8. The molecule has 3 aromatic rings. The molecule has 0 saturated heterocycles. The predicted molar refractivity (Wildman–Crippen MR) is 158 cm³/mol. The van der Waals surface area contributed by atoms with Gasteiger partial charge in [0.2, 0.25) is 11.8 Å². The van der Waals surface area contributed by atoms with Crippen LogP contribution in [0.3, 0.4) is 0 Å². The van der Waals surface area contributed by atoms with E-state index in [9.17, 15) is 28.1 Å². The minimum atomic E-state index is -4.29. The Morgan fingerprint density at radius 2 is 1.59 bits per heavy atom. The maximum absolute atomic E-state index is 13.9. The average molecular weight is 622 g/mol. The van der Waals surface area contributed by atoms with E-state index in [2.05, 4.69) is 5.32 Å². The van der Waals surface area contributed by atoms with Crippen LogP contribution in [0, 0.1) is 16.0 Å². The van der Waals surface area contributed by atoms with Gasteiger partial charge in [-0.25, -0.2) is 8.42 Å². The van der Waals surface area contributed by atoms with Crippen molar-refractivity contribution < 1.29 is 22.9 Å². The van der Waals surface area contributed by atoms with Gasteiger partial charge in [-0.2, -0.15) is 0 Å². The smallest absolute Gasteiger partial charge is 0.269 e. The van der Waals surface area contributed by atoms with Crippen molar-refractivity contribution in [3.8, 4) is 0 Å². The lowest BCUT2D eigenvalue weighted by Gasteiger charge is -2.32. The van der Waals surface area contributed by atoms with E-state index >= 15 is 0 Å². The topological polar surface area (TPSA) is 130 Å². The Balaban J connectivity index is 2.03. The summed E-state index contributed by atoms with van der Waals surface area (Å²) in [5, 5.41) is 14.6. The zero-order chi connectivity index (χ0) is 30.3. The number of carbonyl (C=O) groups is 2. The SMILES string of the molecule is CC(C)CNC(=O)[C@H](C)N(Cc1ccc(Cl)c(Cl)c1)C(=O)CN(c1ccc([N+](=O)[O-])cc1)S(=O)(=O)c1ccccc1. The summed E-state index contributed by atoms with van der Waals surface area (Å²) in [7, 11) is -4.29. The van der Waals surface area contributed by atoms with Crippen LogP contribution in [0.1, 0.15) is 26.3 Å². The molecule has 10 nitrogen and oxygen atoms in total. The summed E-state index contributed by atoms with van der Waals surface area (Å²) in [4.78, 5) is 38.7. The quantitative estimate of drug-likeness (QED) is 0.216. The molecular weight excluding hydrogens is 591 g/mol. The van der Waals surface area contributed by atoms with Crippen LogP contribution in [0.25, 0.3) is 0 Å². The van der Waals surface area contributed by atoms with Gasteiger partial charge in [0.05, 0.1) is 25.6 Å². The maximum atomic E-state index is 13.9. The van der Waals surface area contributed by atoms with Gasteiger partial charge in [-0.3, -0.25) is 24.0 Å². The van der Waals surface area contributed by atoms with E-state index in [1.54, 1.807) is 43.3 Å². The molecule has 0 bridgehead atoms. The summed E-state index contributed by atoms with van der Waals surface area (Å²) in [5.41, 5.74) is 0.372. The fraction of sp³-hybridized carbons (Fsp3) is 0.286. The number of benzene rings is 3. The number of non-ortho nitro benzene ring substituents is 1. The van der Waals surface area contributed by atoms with E-state index in [1.807, 2.05) is 13.8 Å². The standard InChI is InChI=1S/C28H30Cl2N4O6S/c1-19(2)16-31-28(36)20(3)32(17-21-9-14-25(29)26(30)15-21)27(35)18-33(22-10-12-23(13-11-22)34(37)38)41(39,40)24-7-5-4-6-8-24/h4-15,19-20H,16-18H2,1-3H3,(H,31,36)/t20-/m0/s1. The molecule has 0 heterocycles. The van der Waals surface area contributed by atoms with Gasteiger partial charge in [0.1, 0.15) is 12.6 Å². The molecule has 0 aromatic heterocycles. The van der Waals surface area contributed by atoms with Crippen molar-refractivity contribution in [3.05, 3.63) is 98.5 Å². The number of nitrogens with zero attached hydrogens (tertiary/aromatic N) is 3. The van der Waals surface area contributed by atoms with Crippen LogP contribution in [0.15, 0.2) is 77.7 Å². The number of nitrogens with one attached hydrogen (secondary N) is 1. The first-order valence-electron chi connectivity index (χ1n) is 12.6. The number of carbonyl (C=O) groups excluding carboxylic acids is 2. The molecule has 1 atom stereocenters. The Morgan fingerprint density at radius 3 is 2.15 bits per heavy atom. The predicted octanol–water partition coefficient (Wildman–Crippen LogP) is 5.29. The lowest BCUT2D eigenvalue weighted by molar-refractivity contribution is -0.384. The Labute approximate surface area is 249 Å². The van der Waals surface area contributed by atoms with Crippen LogP contribution < -0.4 is 9.62 Å². The normalized spacial score (nSPS) is 12.0. The minimum Gasteiger partial charge on any atom is -0.354 e. The van der Waals surface area contributed by atoms with Crippen LogP contribution in [0.5, 0.6) is 0 Å². The summed E-state index contributed by atoms with van der Waals surface area (Å²) in [6.07, 6.45) is 0. The highest BCUT2D eigenvalue weighted by Crippen LogP contribution is 2.27. The number of rotatable bonds is 12. The molecule has 0 fully saturated rings. The zero-order valence-electron chi connectivity index (χ0n) is 22.7. The summed E-state index contributed by atoms with van der Waals surface area (Å²) >= 11 is 12.2. The molecule has 0 radical (unpaired) electrons. The number of nitro benzene ring substituents is 1. The van der Waals surface area contributed by atoms with Crippen molar-refractivity contribution >= 4 is 56.4 Å². The summed E-state index contributed by atoms with van der Waals surface area (Å²) in [6.45, 7) is 5.05. The van der Waals surface area contributed by atoms with Crippen LogP contribution in [0.4, 0.5) is 11.4 Å². The van der Waals surface area contributed by atoms with Gasteiger partial charge >= 0.3 is 0 Å². The fourth-order valence-corrected chi connectivity index (χ4v) is 5.61. The molecule has 0 spiro atoms. The molecule has 218 valence electrons. The van der Waals surface area contributed by atoms with Crippen molar-refractivity contribution in [1.82, 2.24) is 10.2 Å². The number of amides is 2. The molecule has 3 aromatic carbocycles. The highest BCUT2D eigenvalue weighted by molar-refractivity contribution is 7.92. The molecule has 13 heteroatoms. The average Bonchev–Trinajstić information content (AvgIpc) is 2.95. The lowest BCUT2D eigenvalue weighted by Crippen LogP contribution is -2.51. The minimum absolute atomic E-state index is 0.0409. The molecule has 0 aliphatic rings. The van der Waals surface area contributed by atoms with Gasteiger partial charge in [0.15, 0.2) is 0 Å². The number of hydrogen-bond donors (Lipinski definition) is 1. The van der Waals surface area contributed by atoms with E-state index in [4.69, 9.17) is 23.2 Å². The highest BCUT2D eigenvalue weighted by Gasteiger charge is 2.32. The third-order valence-corrected chi connectivity index (χ3v) is 8.67. The summed E-state index contributed by atoms with van der Waals surface area (Å²) < 4.78 is 28.4. The molecule has 1 N–H and O–H groups in total. The lowest BCUT2D eigenvalue weighted by atomic mass is 10.1. The van der Waals surface area contributed by atoms with Gasteiger partial charge in [-0.1, -0.05) is 61.3 Å². The number of anilines is 1. The largest absolute Gasteiger partial charge is 0.354 e. The second-order valence-corrected chi connectivity index (χ2v) is 12.4. The van der Waals surface area contributed by atoms with Gasteiger partial charge < -0.3 is 10.2 Å². The van der Waals surface area contributed by atoms with Crippen molar-refractivity contribution in [1.29, 1.82) is 0 Å². The van der Waals surface area contributed by atoms with Gasteiger partial charge in [-0.15, -0.1) is 0 Å².